The van der Waals surface area contributed by atoms with Crippen LogP contribution in [0.2, 0.25) is 0 Å². The molecule has 0 radical (unpaired) electrons. The summed E-state index contributed by atoms with van der Waals surface area (Å²) in [5, 5.41) is 3.35. The Morgan fingerprint density at radius 3 is 2.95 bits per heavy atom. The van der Waals surface area contributed by atoms with E-state index in [1.165, 1.54) is 18.4 Å². The van der Waals surface area contributed by atoms with Gasteiger partial charge < -0.3 is 10.2 Å². The molecule has 1 amide bonds. The quantitative estimate of drug-likeness (QED) is 0.854. The highest BCUT2D eigenvalue weighted by atomic mass is 79.9. The number of piperidine rings is 1. The van der Waals surface area contributed by atoms with Gasteiger partial charge in [-0.05, 0) is 66.2 Å². The Labute approximate surface area is 136 Å². The van der Waals surface area contributed by atoms with E-state index in [0.717, 1.165) is 29.5 Å². The van der Waals surface area contributed by atoms with Crippen LogP contribution in [0.15, 0.2) is 22.7 Å². The summed E-state index contributed by atoms with van der Waals surface area (Å²) in [7, 11) is 0. The monoisotopic (exact) mass is 352 g/mol. The van der Waals surface area contributed by atoms with Crippen molar-refractivity contribution in [2.45, 2.75) is 52.0 Å². The van der Waals surface area contributed by atoms with Gasteiger partial charge in [0.15, 0.2) is 0 Å². The van der Waals surface area contributed by atoms with Gasteiger partial charge in [-0.25, -0.2) is 0 Å². The summed E-state index contributed by atoms with van der Waals surface area (Å²) in [5.74, 6) is 0.289. The van der Waals surface area contributed by atoms with Crippen LogP contribution >= 0.6 is 15.9 Å². The number of carbonyl (C=O) groups is 1. The lowest BCUT2D eigenvalue weighted by Crippen LogP contribution is -2.43. The Hall–Kier alpha value is -1.03. The summed E-state index contributed by atoms with van der Waals surface area (Å²) in [5.41, 5.74) is 2.28. The van der Waals surface area contributed by atoms with E-state index in [0.29, 0.717) is 19.0 Å². The van der Waals surface area contributed by atoms with Crippen molar-refractivity contribution in [3.8, 4) is 0 Å². The molecule has 1 atom stereocenters. The highest BCUT2D eigenvalue weighted by Gasteiger charge is 2.24. The van der Waals surface area contributed by atoms with Crippen LogP contribution in [0.5, 0.6) is 0 Å². The van der Waals surface area contributed by atoms with Crippen molar-refractivity contribution in [2.24, 2.45) is 0 Å². The number of likely N-dealkylation sites (tertiary alicyclic amines) is 1. The highest BCUT2D eigenvalue weighted by molar-refractivity contribution is 9.10. The maximum absolute atomic E-state index is 12.4. The Morgan fingerprint density at radius 2 is 2.24 bits per heavy atom. The Morgan fingerprint density at radius 1 is 1.43 bits per heavy atom. The van der Waals surface area contributed by atoms with Crippen molar-refractivity contribution < 1.29 is 4.79 Å². The molecule has 0 saturated carbocycles. The van der Waals surface area contributed by atoms with E-state index in [2.05, 4.69) is 58.2 Å². The van der Waals surface area contributed by atoms with Crippen LogP contribution < -0.4 is 5.32 Å². The number of rotatable bonds is 5. The first-order valence-corrected chi connectivity index (χ1v) is 8.70. The van der Waals surface area contributed by atoms with Crippen molar-refractivity contribution in [3.63, 3.8) is 0 Å². The number of nitrogens with zero attached hydrogens (tertiary/aromatic N) is 1. The molecule has 1 saturated heterocycles. The van der Waals surface area contributed by atoms with Gasteiger partial charge in [0.25, 0.3) is 0 Å². The third-order valence-electron chi connectivity index (χ3n) is 4.20. The van der Waals surface area contributed by atoms with Crippen LogP contribution in [0.4, 0.5) is 5.69 Å². The molecular formula is C17H25BrN2O. The van der Waals surface area contributed by atoms with Crippen molar-refractivity contribution in [3.05, 3.63) is 28.2 Å². The molecule has 1 N–H and O–H groups in total. The third kappa shape index (κ3) is 4.47. The van der Waals surface area contributed by atoms with Crippen molar-refractivity contribution in [1.29, 1.82) is 0 Å². The fourth-order valence-electron chi connectivity index (χ4n) is 2.96. The van der Waals surface area contributed by atoms with Gasteiger partial charge in [0.05, 0.1) is 0 Å². The molecule has 1 aromatic rings. The number of hydrogen-bond donors (Lipinski definition) is 1. The predicted molar refractivity (Wildman–Crippen MR) is 91.6 cm³/mol. The smallest absolute Gasteiger partial charge is 0.224 e. The van der Waals surface area contributed by atoms with E-state index >= 15 is 0 Å². The molecule has 0 aliphatic carbocycles. The Bertz CT molecular complexity index is 490. The van der Waals surface area contributed by atoms with Gasteiger partial charge in [0.2, 0.25) is 5.91 Å². The van der Waals surface area contributed by atoms with E-state index in [1.54, 1.807) is 0 Å². The summed E-state index contributed by atoms with van der Waals surface area (Å²) in [6, 6.07) is 6.67. The van der Waals surface area contributed by atoms with Gasteiger partial charge in [-0.3, -0.25) is 4.79 Å². The molecule has 116 valence electrons. The van der Waals surface area contributed by atoms with E-state index in [4.69, 9.17) is 0 Å². The number of nitrogens with one attached hydrogen (secondary N) is 1. The molecular weight excluding hydrogens is 328 g/mol. The second-order valence-corrected chi connectivity index (χ2v) is 6.66. The highest BCUT2D eigenvalue weighted by Crippen LogP contribution is 2.24. The van der Waals surface area contributed by atoms with E-state index < -0.39 is 0 Å². The van der Waals surface area contributed by atoms with Crippen LogP contribution in [-0.2, 0) is 4.79 Å². The molecule has 0 aromatic heterocycles. The lowest BCUT2D eigenvalue weighted by atomic mass is 9.99. The Balaban J connectivity index is 1.83. The topological polar surface area (TPSA) is 32.3 Å². The molecule has 4 heteroatoms. The lowest BCUT2D eigenvalue weighted by Gasteiger charge is -2.35. The number of amides is 1. The van der Waals surface area contributed by atoms with Crippen LogP contribution in [0.3, 0.4) is 0 Å². The van der Waals surface area contributed by atoms with Gasteiger partial charge >= 0.3 is 0 Å². The minimum atomic E-state index is 0.289. The molecule has 1 unspecified atom stereocenters. The van der Waals surface area contributed by atoms with Crippen LogP contribution in [0, 0.1) is 6.92 Å². The molecule has 1 aliphatic heterocycles. The molecule has 21 heavy (non-hydrogen) atoms. The van der Waals surface area contributed by atoms with Crippen LogP contribution in [0.25, 0.3) is 0 Å². The zero-order valence-electron chi connectivity index (χ0n) is 13.0. The number of benzene rings is 1. The second kappa shape index (κ2) is 7.83. The zero-order valence-corrected chi connectivity index (χ0v) is 14.6. The fraction of sp³-hybridized carbons (Fsp3) is 0.588. The second-order valence-electron chi connectivity index (χ2n) is 5.81. The first-order valence-electron chi connectivity index (χ1n) is 7.91. The third-order valence-corrected chi connectivity index (χ3v) is 4.85. The molecule has 2 rings (SSSR count). The minimum absolute atomic E-state index is 0.289. The maximum atomic E-state index is 12.4. The van der Waals surface area contributed by atoms with E-state index in [-0.39, 0.29) is 5.91 Å². The molecule has 1 fully saturated rings. The number of hydrogen-bond acceptors (Lipinski definition) is 2. The van der Waals surface area contributed by atoms with Crippen molar-refractivity contribution >= 4 is 27.5 Å². The van der Waals surface area contributed by atoms with Crippen molar-refractivity contribution in [2.75, 3.05) is 18.4 Å². The number of carbonyl (C=O) groups excluding carboxylic acids is 1. The predicted octanol–water partition coefficient (Wildman–Crippen LogP) is 4.35. The summed E-state index contributed by atoms with van der Waals surface area (Å²) >= 11 is 3.55. The molecule has 1 aromatic carbocycles. The lowest BCUT2D eigenvalue weighted by molar-refractivity contribution is -0.134. The molecule has 1 heterocycles. The first kappa shape index (κ1) is 16.3. The molecule has 0 spiro atoms. The maximum Gasteiger partial charge on any atom is 0.224 e. The average molecular weight is 353 g/mol. The summed E-state index contributed by atoms with van der Waals surface area (Å²) in [4.78, 5) is 14.5. The fourth-order valence-corrected chi connectivity index (χ4v) is 3.60. The molecule has 1 aliphatic rings. The van der Waals surface area contributed by atoms with Crippen LogP contribution in [-0.4, -0.2) is 29.9 Å². The van der Waals surface area contributed by atoms with Gasteiger partial charge in [-0.1, -0.05) is 13.0 Å². The van der Waals surface area contributed by atoms with Gasteiger partial charge in [-0.15, -0.1) is 0 Å². The number of aryl methyl sites for hydroxylation is 1. The van der Waals surface area contributed by atoms with Gasteiger partial charge in [0.1, 0.15) is 0 Å². The normalized spacial score (nSPS) is 18.6. The molecule has 3 nitrogen and oxygen atoms in total. The number of halogens is 1. The van der Waals surface area contributed by atoms with E-state index in [1.807, 2.05) is 0 Å². The summed E-state index contributed by atoms with van der Waals surface area (Å²) in [6.07, 6.45) is 5.22. The average Bonchev–Trinajstić information content (AvgIpc) is 2.49. The minimum Gasteiger partial charge on any atom is -0.384 e. The summed E-state index contributed by atoms with van der Waals surface area (Å²) < 4.78 is 1.05. The van der Waals surface area contributed by atoms with Gasteiger partial charge in [0, 0.05) is 35.7 Å². The largest absolute Gasteiger partial charge is 0.384 e. The van der Waals surface area contributed by atoms with Crippen molar-refractivity contribution in [1.82, 2.24) is 4.90 Å². The molecule has 0 bridgehead atoms. The zero-order chi connectivity index (χ0) is 15.2. The van der Waals surface area contributed by atoms with Gasteiger partial charge in [-0.2, -0.15) is 0 Å². The van der Waals surface area contributed by atoms with Crippen LogP contribution in [0.1, 0.15) is 44.6 Å². The SMILES string of the molecule is CCC1CCCCN1C(=O)CCNc1ccc(C)cc1Br. The first-order chi connectivity index (χ1) is 10.1. The summed E-state index contributed by atoms with van der Waals surface area (Å²) in [6.45, 7) is 5.87. The Kier molecular flexibility index (Phi) is 6.09. The standard InChI is InChI=1S/C17H25BrN2O/c1-3-14-6-4-5-11-20(14)17(21)9-10-19-16-8-7-13(2)12-15(16)18/h7-8,12,14,19H,3-6,9-11H2,1-2H3. The van der Waals surface area contributed by atoms with E-state index in [9.17, 15) is 4.79 Å². The number of anilines is 1.